The lowest BCUT2D eigenvalue weighted by Crippen LogP contribution is -2.46. The third-order valence-electron chi connectivity index (χ3n) is 7.44. The number of aliphatic hydroxyl groups is 1. The maximum Gasteiger partial charge on any atom is 0.329 e. The van der Waals surface area contributed by atoms with E-state index < -0.39 is 6.10 Å². The van der Waals surface area contributed by atoms with Crippen LogP contribution in [0.1, 0.15) is 25.8 Å². The number of amides is 1. The SMILES string of the molecule is CC(O)C(=O)N1CCCC(n2c(=O)n(C)c3cnc4ccc(-c5ccc(-c6cnn(C)c6)nc5)cc4c32)C1. The molecular weight excluding hydrogens is 482 g/mol. The van der Waals surface area contributed by atoms with Gasteiger partial charge in [0, 0.05) is 56.1 Å². The molecule has 10 nitrogen and oxygen atoms in total. The highest BCUT2D eigenvalue weighted by molar-refractivity contribution is 6.04. The van der Waals surface area contributed by atoms with Crippen LogP contribution in [0.3, 0.4) is 0 Å². The van der Waals surface area contributed by atoms with Gasteiger partial charge in [-0.05, 0) is 43.5 Å². The summed E-state index contributed by atoms with van der Waals surface area (Å²) in [5, 5.41) is 14.9. The zero-order chi connectivity index (χ0) is 26.6. The molecule has 1 aromatic carbocycles. The van der Waals surface area contributed by atoms with Gasteiger partial charge in [-0.2, -0.15) is 5.10 Å². The monoisotopic (exact) mass is 511 g/mol. The fraction of sp³-hybridized carbons (Fsp3) is 0.321. The van der Waals surface area contributed by atoms with E-state index in [0.29, 0.717) is 13.1 Å². The number of carbonyl (C=O) groups is 1. The van der Waals surface area contributed by atoms with Crippen molar-refractivity contribution in [2.45, 2.75) is 31.9 Å². The first-order valence-electron chi connectivity index (χ1n) is 12.7. The quantitative estimate of drug-likeness (QED) is 0.397. The van der Waals surface area contributed by atoms with Gasteiger partial charge in [-0.25, -0.2) is 4.79 Å². The number of hydrogen-bond acceptors (Lipinski definition) is 6. The molecule has 1 amide bonds. The maximum absolute atomic E-state index is 13.5. The maximum atomic E-state index is 13.5. The van der Waals surface area contributed by atoms with Gasteiger partial charge in [-0.1, -0.05) is 12.1 Å². The molecule has 0 bridgehead atoms. The highest BCUT2D eigenvalue weighted by Crippen LogP contribution is 2.32. The number of pyridine rings is 2. The first kappa shape index (κ1) is 24.1. The third-order valence-corrected chi connectivity index (χ3v) is 7.44. The van der Waals surface area contributed by atoms with Gasteiger partial charge in [0.25, 0.3) is 5.91 Å². The fourth-order valence-corrected chi connectivity index (χ4v) is 5.46. The molecule has 38 heavy (non-hydrogen) atoms. The molecule has 1 aliphatic rings. The van der Waals surface area contributed by atoms with Crippen LogP contribution in [0.25, 0.3) is 44.3 Å². The normalized spacial score (nSPS) is 16.8. The summed E-state index contributed by atoms with van der Waals surface area (Å²) in [6, 6.07) is 9.84. The zero-order valence-corrected chi connectivity index (χ0v) is 21.6. The van der Waals surface area contributed by atoms with Crippen molar-refractivity contribution >= 4 is 27.8 Å². The largest absolute Gasteiger partial charge is 0.384 e. The Labute approximate surface area is 218 Å². The van der Waals surface area contributed by atoms with Crippen molar-refractivity contribution in [2.24, 2.45) is 14.1 Å². The molecule has 4 aromatic heterocycles. The molecule has 0 spiro atoms. The van der Waals surface area contributed by atoms with Gasteiger partial charge >= 0.3 is 5.69 Å². The average molecular weight is 512 g/mol. The van der Waals surface area contributed by atoms with E-state index in [1.807, 2.05) is 48.3 Å². The Bertz CT molecular complexity index is 1730. The molecule has 5 heterocycles. The summed E-state index contributed by atoms with van der Waals surface area (Å²) in [4.78, 5) is 37.0. The molecular formula is C28H29N7O3. The molecule has 5 aromatic rings. The van der Waals surface area contributed by atoms with Gasteiger partial charge in [0.2, 0.25) is 0 Å². The number of hydrogen-bond donors (Lipinski definition) is 1. The number of aliphatic hydroxyl groups excluding tert-OH is 1. The van der Waals surface area contributed by atoms with Gasteiger partial charge < -0.3 is 10.0 Å². The Morgan fingerprint density at radius 2 is 1.87 bits per heavy atom. The minimum absolute atomic E-state index is 0.140. The number of aromatic nitrogens is 6. The lowest BCUT2D eigenvalue weighted by atomic mass is 10.0. The lowest BCUT2D eigenvalue weighted by molar-refractivity contribution is -0.140. The van der Waals surface area contributed by atoms with E-state index in [4.69, 9.17) is 0 Å². The minimum Gasteiger partial charge on any atom is -0.384 e. The number of piperidine rings is 1. The summed E-state index contributed by atoms with van der Waals surface area (Å²) in [5.74, 6) is -0.306. The van der Waals surface area contributed by atoms with Crippen LogP contribution in [-0.4, -0.2) is 64.0 Å². The molecule has 10 heteroatoms. The fourth-order valence-electron chi connectivity index (χ4n) is 5.46. The molecule has 2 atom stereocenters. The standard InChI is InChI=1S/C28H29N7O3/c1-17(36)27(37)34-10-4-5-21(16-34)35-26-22-11-18(6-9-24(22)30-14-25(26)33(3)28(35)38)19-7-8-23(29-12-19)20-13-31-32(2)15-20/h6-9,11-15,17,21,36H,4-5,10,16H2,1-3H3. The van der Waals surface area contributed by atoms with Gasteiger partial charge in [-0.3, -0.25) is 28.6 Å². The van der Waals surface area contributed by atoms with Crippen molar-refractivity contribution in [1.29, 1.82) is 0 Å². The van der Waals surface area contributed by atoms with Crippen molar-refractivity contribution in [2.75, 3.05) is 13.1 Å². The number of rotatable bonds is 4. The molecule has 1 N–H and O–H groups in total. The lowest BCUT2D eigenvalue weighted by Gasteiger charge is -2.34. The summed E-state index contributed by atoms with van der Waals surface area (Å²) in [6.45, 7) is 2.44. The Hall–Kier alpha value is -4.31. The summed E-state index contributed by atoms with van der Waals surface area (Å²) < 4.78 is 5.18. The first-order chi connectivity index (χ1) is 18.3. The van der Waals surface area contributed by atoms with Crippen LogP contribution in [-0.2, 0) is 18.9 Å². The molecule has 1 fully saturated rings. The zero-order valence-electron chi connectivity index (χ0n) is 21.6. The van der Waals surface area contributed by atoms with E-state index in [-0.39, 0.29) is 17.6 Å². The second-order valence-corrected chi connectivity index (χ2v) is 10.0. The van der Waals surface area contributed by atoms with Crippen LogP contribution in [0.2, 0.25) is 0 Å². The number of likely N-dealkylation sites (tertiary alicyclic amines) is 1. The van der Waals surface area contributed by atoms with Gasteiger partial charge in [0.1, 0.15) is 6.10 Å². The van der Waals surface area contributed by atoms with E-state index in [9.17, 15) is 14.7 Å². The minimum atomic E-state index is -1.07. The van der Waals surface area contributed by atoms with Gasteiger partial charge in [-0.15, -0.1) is 0 Å². The van der Waals surface area contributed by atoms with Gasteiger partial charge in [0.15, 0.2) is 0 Å². The second-order valence-electron chi connectivity index (χ2n) is 10.0. The summed E-state index contributed by atoms with van der Waals surface area (Å²) >= 11 is 0. The van der Waals surface area contributed by atoms with E-state index in [1.54, 1.807) is 33.6 Å². The summed E-state index contributed by atoms with van der Waals surface area (Å²) in [5.41, 5.74) is 5.91. The number of aryl methyl sites for hydroxylation is 2. The van der Waals surface area contributed by atoms with Crippen LogP contribution >= 0.6 is 0 Å². The van der Waals surface area contributed by atoms with Crippen molar-refractivity contribution in [3.8, 4) is 22.4 Å². The van der Waals surface area contributed by atoms with Crippen LogP contribution in [0.5, 0.6) is 0 Å². The highest BCUT2D eigenvalue weighted by atomic mass is 16.3. The Morgan fingerprint density at radius 1 is 1.05 bits per heavy atom. The predicted molar refractivity (Wildman–Crippen MR) is 144 cm³/mol. The number of carbonyl (C=O) groups excluding carboxylic acids is 1. The van der Waals surface area contributed by atoms with Crippen LogP contribution < -0.4 is 5.69 Å². The Morgan fingerprint density at radius 3 is 2.58 bits per heavy atom. The number of benzene rings is 1. The van der Waals surface area contributed by atoms with Crippen molar-refractivity contribution in [1.82, 2.24) is 33.8 Å². The Balaban J connectivity index is 1.45. The molecule has 6 rings (SSSR count). The van der Waals surface area contributed by atoms with E-state index in [2.05, 4.69) is 21.1 Å². The molecule has 0 radical (unpaired) electrons. The predicted octanol–water partition coefficient (Wildman–Crippen LogP) is 2.90. The van der Waals surface area contributed by atoms with E-state index in [0.717, 1.165) is 57.2 Å². The van der Waals surface area contributed by atoms with E-state index in [1.165, 1.54) is 6.92 Å². The molecule has 0 aliphatic carbocycles. The van der Waals surface area contributed by atoms with E-state index >= 15 is 0 Å². The number of fused-ring (bicyclic) bond motifs is 3. The van der Waals surface area contributed by atoms with Crippen LogP contribution in [0, 0.1) is 0 Å². The third kappa shape index (κ3) is 3.97. The highest BCUT2D eigenvalue weighted by Gasteiger charge is 2.30. The summed E-state index contributed by atoms with van der Waals surface area (Å²) in [6.07, 6.45) is 7.76. The number of imidazole rings is 1. The smallest absolute Gasteiger partial charge is 0.329 e. The van der Waals surface area contributed by atoms with Crippen molar-refractivity contribution in [3.05, 3.63) is 65.6 Å². The number of nitrogens with zero attached hydrogens (tertiary/aromatic N) is 7. The van der Waals surface area contributed by atoms with Gasteiger partial charge in [0.05, 0.1) is 40.7 Å². The molecule has 194 valence electrons. The van der Waals surface area contributed by atoms with Crippen LogP contribution in [0.4, 0.5) is 0 Å². The Kier molecular flexibility index (Phi) is 5.83. The van der Waals surface area contributed by atoms with Crippen molar-refractivity contribution in [3.63, 3.8) is 0 Å². The summed E-state index contributed by atoms with van der Waals surface area (Å²) in [7, 11) is 3.63. The molecule has 1 aliphatic heterocycles. The molecule has 1 saturated heterocycles. The first-order valence-corrected chi connectivity index (χ1v) is 12.7. The van der Waals surface area contributed by atoms with Crippen molar-refractivity contribution < 1.29 is 9.90 Å². The average Bonchev–Trinajstić information content (AvgIpc) is 3.48. The second kappa shape index (κ2) is 9.21. The molecule has 2 unspecified atom stereocenters. The molecule has 0 saturated carbocycles. The van der Waals surface area contributed by atoms with Crippen LogP contribution in [0.15, 0.2) is 59.9 Å². The topological polar surface area (TPSA) is 111 Å².